The van der Waals surface area contributed by atoms with Crippen molar-refractivity contribution in [3.8, 4) is 0 Å². The van der Waals surface area contributed by atoms with Gasteiger partial charge in [-0.25, -0.2) is 0 Å². The van der Waals surface area contributed by atoms with E-state index in [1.165, 1.54) is 12.1 Å². The van der Waals surface area contributed by atoms with E-state index in [-0.39, 0.29) is 17.9 Å². The largest absolute Gasteiger partial charge is 0.343 e. The van der Waals surface area contributed by atoms with Crippen LogP contribution in [0.25, 0.3) is 0 Å². The second kappa shape index (κ2) is 4.19. The van der Waals surface area contributed by atoms with E-state index < -0.39 is 11.2 Å². The van der Waals surface area contributed by atoms with Gasteiger partial charge in [0.15, 0.2) is 6.29 Å². The Bertz CT molecular complexity index is 379. The Morgan fingerprint density at radius 2 is 1.62 bits per heavy atom. The standard InChI is InChI=1S/C11H13NO4/c1-7-8(2)16-11(15-7)9-3-5-10(6-4-9)12(13)14/h3-8,11H,1-2H3. The van der Waals surface area contributed by atoms with Crippen molar-refractivity contribution < 1.29 is 14.4 Å². The molecule has 0 aliphatic carbocycles. The minimum Gasteiger partial charge on any atom is -0.343 e. The summed E-state index contributed by atoms with van der Waals surface area (Å²) in [7, 11) is 0. The number of benzene rings is 1. The SMILES string of the molecule is CC1OC(c2ccc([N+](=O)[O-])cc2)OC1C. The lowest BCUT2D eigenvalue weighted by Crippen LogP contribution is -2.13. The minimum atomic E-state index is -0.425. The number of hydrogen-bond donors (Lipinski definition) is 0. The lowest BCUT2D eigenvalue weighted by atomic mass is 10.2. The number of rotatable bonds is 2. The first-order chi connectivity index (χ1) is 7.58. The van der Waals surface area contributed by atoms with Crippen LogP contribution in [0.2, 0.25) is 0 Å². The molecule has 0 N–H and O–H groups in total. The van der Waals surface area contributed by atoms with Gasteiger partial charge in [-0.3, -0.25) is 10.1 Å². The normalized spacial score (nSPS) is 29.2. The molecular formula is C11H13NO4. The first kappa shape index (κ1) is 11.0. The average Bonchev–Trinajstić information content (AvgIpc) is 2.59. The fraction of sp³-hybridized carbons (Fsp3) is 0.455. The molecule has 2 rings (SSSR count). The van der Waals surface area contributed by atoms with Crippen molar-refractivity contribution in [3.05, 3.63) is 39.9 Å². The molecule has 2 atom stereocenters. The topological polar surface area (TPSA) is 61.6 Å². The van der Waals surface area contributed by atoms with Crippen LogP contribution in [0.4, 0.5) is 5.69 Å². The predicted molar refractivity (Wildman–Crippen MR) is 56.9 cm³/mol. The summed E-state index contributed by atoms with van der Waals surface area (Å²) in [4.78, 5) is 10.1. The molecule has 2 unspecified atom stereocenters. The highest BCUT2D eigenvalue weighted by Gasteiger charge is 2.30. The van der Waals surface area contributed by atoms with Crippen molar-refractivity contribution in [1.29, 1.82) is 0 Å². The third kappa shape index (κ3) is 2.05. The van der Waals surface area contributed by atoms with Crippen LogP contribution in [0, 0.1) is 10.1 Å². The van der Waals surface area contributed by atoms with Gasteiger partial charge in [0, 0.05) is 17.7 Å². The van der Waals surface area contributed by atoms with Crippen molar-refractivity contribution in [2.45, 2.75) is 32.3 Å². The maximum Gasteiger partial charge on any atom is 0.269 e. The van der Waals surface area contributed by atoms with Gasteiger partial charge in [0.05, 0.1) is 17.1 Å². The van der Waals surface area contributed by atoms with E-state index in [0.29, 0.717) is 0 Å². The van der Waals surface area contributed by atoms with Crippen LogP contribution in [-0.2, 0) is 9.47 Å². The van der Waals surface area contributed by atoms with E-state index in [0.717, 1.165) is 5.56 Å². The summed E-state index contributed by atoms with van der Waals surface area (Å²) in [5.41, 5.74) is 0.879. The summed E-state index contributed by atoms with van der Waals surface area (Å²) in [6.07, 6.45) is -0.328. The van der Waals surface area contributed by atoms with Gasteiger partial charge in [-0.2, -0.15) is 0 Å². The van der Waals surface area contributed by atoms with Crippen LogP contribution in [0.5, 0.6) is 0 Å². The number of nitro groups is 1. The summed E-state index contributed by atoms with van der Waals surface area (Å²) in [6, 6.07) is 6.23. The van der Waals surface area contributed by atoms with E-state index in [1.807, 2.05) is 13.8 Å². The first-order valence-electron chi connectivity index (χ1n) is 5.13. The summed E-state index contributed by atoms with van der Waals surface area (Å²) in [5, 5.41) is 10.5. The molecule has 0 radical (unpaired) electrons. The zero-order chi connectivity index (χ0) is 11.7. The average molecular weight is 223 g/mol. The lowest BCUT2D eigenvalue weighted by Gasteiger charge is -2.09. The molecule has 0 aromatic heterocycles. The highest BCUT2D eigenvalue weighted by Crippen LogP contribution is 2.31. The van der Waals surface area contributed by atoms with Gasteiger partial charge in [-0.05, 0) is 26.0 Å². The van der Waals surface area contributed by atoms with Gasteiger partial charge in [0.25, 0.3) is 5.69 Å². The van der Waals surface area contributed by atoms with Gasteiger partial charge in [0.1, 0.15) is 0 Å². The van der Waals surface area contributed by atoms with Crippen LogP contribution in [0.1, 0.15) is 25.7 Å². The van der Waals surface area contributed by atoms with Crippen molar-refractivity contribution in [3.63, 3.8) is 0 Å². The quantitative estimate of drug-likeness (QED) is 0.570. The molecule has 86 valence electrons. The second-order valence-electron chi connectivity index (χ2n) is 3.86. The van der Waals surface area contributed by atoms with E-state index in [1.54, 1.807) is 12.1 Å². The third-order valence-corrected chi connectivity index (χ3v) is 2.71. The van der Waals surface area contributed by atoms with Gasteiger partial charge in [0.2, 0.25) is 0 Å². The maximum atomic E-state index is 10.5. The molecule has 16 heavy (non-hydrogen) atoms. The van der Waals surface area contributed by atoms with Gasteiger partial charge >= 0.3 is 0 Å². The van der Waals surface area contributed by atoms with E-state index in [9.17, 15) is 10.1 Å². The summed E-state index contributed by atoms with van der Waals surface area (Å²) >= 11 is 0. The summed E-state index contributed by atoms with van der Waals surface area (Å²) < 4.78 is 11.1. The minimum absolute atomic E-state index is 0.0418. The van der Waals surface area contributed by atoms with Crippen LogP contribution in [0.15, 0.2) is 24.3 Å². The molecular weight excluding hydrogens is 210 g/mol. The van der Waals surface area contributed by atoms with E-state index >= 15 is 0 Å². The smallest absolute Gasteiger partial charge is 0.269 e. The van der Waals surface area contributed by atoms with Crippen LogP contribution < -0.4 is 0 Å². The Hall–Kier alpha value is -1.46. The number of nitro benzene ring substituents is 1. The molecule has 0 amide bonds. The fourth-order valence-electron chi connectivity index (χ4n) is 1.55. The number of nitrogens with zero attached hydrogens (tertiary/aromatic N) is 1. The Kier molecular flexibility index (Phi) is 2.89. The number of hydrogen-bond acceptors (Lipinski definition) is 4. The highest BCUT2D eigenvalue weighted by molar-refractivity contribution is 5.33. The Balaban J connectivity index is 2.14. The molecule has 1 aromatic rings. The van der Waals surface area contributed by atoms with Gasteiger partial charge in [-0.1, -0.05) is 0 Å². The zero-order valence-corrected chi connectivity index (χ0v) is 9.12. The molecule has 5 nitrogen and oxygen atoms in total. The lowest BCUT2D eigenvalue weighted by molar-refractivity contribution is -0.384. The van der Waals surface area contributed by atoms with Crippen LogP contribution in [-0.4, -0.2) is 17.1 Å². The second-order valence-corrected chi connectivity index (χ2v) is 3.86. The fourth-order valence-corrected chi connectivity index (χ4v) is 1.55. The molecule has 1 heterocycles. The van der Waals surface area contributed by atoms with Crippen molar-refractivity contribution >= 4 is 5.69 Å². The molecule has 1 aromatic carbocycles. The number of ether oxygens (including phenoxy) is 2. The monoisotopic (exact) mass is 223 g/mol. The highest BCUT2D eigenvalue weighted by atomic mass is 16.7. The van der Waals surface area contributed by atoms with Crippen molar-refractivity contribution in [2.24, 2.45) is 0 Å². The predicted octanol–water partition coefficient (Wildman–Crippen LogP) is 2.42. The Morgan fingerprint density at radius 3 is 2.06 bits per heavy atom. The molecule has 0 saturated carbocycles. The molecule has 1 fully saturated rings. The summed E-state index contributed by atoms with van der Waals surface area (Å²) in [6.45, 7) is 3.88. The van der Waals surface area contributed by atoms with Gasteiger partial charge < -0.3 is 9.47 Å². The molecule has 0 bridgehead atoms. The molecule has 1 saturated heterocycles. The molecule has 1 aliphatic rings. The van der Waals surface area contributed by atoms with Crippen LogP contribution >= 0.6 is 0 Å². The van der Waals surface area contributed by atoms with E-state index in [4.69, 9.17) is 9.47 Å². The third-order valence-electron chi connectivity index (χ3n) is 2.71. The molecule has 0 spiro atoms. The number of non-ortho nitro benzene ring substituents is 1. The Labute approximate surface area is 93.1 Å². The zero-order valence-electron chi connectivity index (χ0n) is 9.12. The maximum absolute atomic E-state index is 10.5. The van der Waals surface area contributed by atoms with Crippen LogP contribution in [0.3, 0.4) is 0 Å². The molecule has 1 aliphatic heterocycles. The van der Waals surface area contributed by atoms with Crippen molar-refractivity contribution in [2.75, 3.05) is 0 Å². The van der Waals surface area contributed by atoms with Crippen molar-refractivity contribution in [1.82, 2.24) is 0 Å². The first-order valence-corrected chi connectivity index (χ1v) is 5.13. The summed E-state index contributed by atoms with van der Waals surface area (Å²) in [5.74, 6) is 0. The molecule has 5 heteroatoms. The van der Waals surface area contributed by atoms with E-state index in [2.05, 4.69) is 0 Å². The Morgan fingerprint density at radius 1 is 1.12 bits per heavy atom. The van der Waals surface area contributed by atoms with Gasteiger partial charge in [-0.15, -0.1) is 0 Å².